The first-order valence-electron chi connectivity index (χ1n) is 6.28. The summed E-state index contributed by atoms with van der Waals surface area (Å²) in [5, 5.41) is 16.5. The van der Waals surface area contributed by atoms with Gasteiger partial charge in [0.05, 0.1) is 12.3 Å². The largest absolute Gasteiger partial charge is 0.393 e. The number of rotatable bonds is 4. The fraction of sp³-hybridized carbons (Fsp3) is 0.667. The van der Waals surface area contributed by atoms with Crippen molar-refractivity contribution in [3.63, 3.8) is 0 Å². The first-order chi connectivity index (χ1) is 8.58. The Hall–Kier alpha value is -1.40. The van der Waals surface area contributed by atoms with E-state index >= 15 is 0 Å². The van der Waals surface area contributed by atoms with Crippen LogP contribution in [-0.2, 0) is 11.8 Å². The number of hydrogen-bond donors (Lipinski definition) is 3. The Morgan fingerprint density at radius 1 is 1.72 bits per heavy atom. The number of aliphatic hydroxyl groups is 1. The second kappa shape index (κ2) is 5.49. The highest BCUT2D eigenvalue weighted by atomic mass is 16.3. The minimum atomic E-state index is -0.697. The van der Waals surface area contributed by atoms with Crippen LogP contribution in [0.5, 0.6) is 0 Å². The molecule has 0 saturated heterocycles. The van der Waals surface area contributed by atoms with Gasteiger partial charge in [-0.1, -0.05) is 6.42 Å². The van der Waals surface area contributed by atoms with Crippen LogP contribution in [0.15, 0.2) is 12.4 Å². The summed E-state index contributed by atoms with van der Waals surface area (Å²) >= 11 is 0. The van der Waals surface area contributed by atoms with Crippen molar-refractivity contribution in [1.82, 2.24) is 15.1 Å². The molecule has 18 heavy (non-hydrogen) atoms. The van der Waals surface area contributed by atoms with Crippen LogP contribution in [0.3, 0.4) is 0 Å². The molecule has 6 nitrogen and oxygen atoms in total. The van der Waals surface area contributed by atoms with Gasteiger partial charge < -0.3 is 16.2 Å². The zero-order chi connectivity index (χ0) is 13.1. The number of aromatic nitrogens is 2. The van der Waals surface area contributed by atoms with E-state index in [-0.39, 0.29) is 17.9 Å². The van der Waals surface area contributed by atoms with Crippen LogP contribution in [0.1, 0.15) is 30.9 Å². The molecule has 1 aromatic heterocycles. The summed E-state index contributed by atoms with van der Waals surface area (Å²) < 4.78 is 1.61. The number of nitrogens with one attached hydrogen (secondary N) is 1. The third kappa shape index (κ3) is 2.88. The number of nitrogens with zero attached hydrogens (tertiary/aromatic N) is 2. The monoisotopic (exact) mass is 252 g/mol. The molecule has 3 atom stereocenters. The summed E-state index contributed by atoms with van der Waals surface area (Å²) in [6.07, 6.45) is 5.85. The molecule has 1 aliphatic carbocycles. The van der Waals surface area contributed by atoms with Crippen LogP contribution in [0.2, 0.25) is 0 Å². The van der Waals surface area contributed by atoms with Crippen molar-refractivity contribution >= 4 is 5.91 Å². The van der Waals surface area contributed by atoms with E-state index in [1.807, 2.05) is 0 Å². The predicted molar refractivity (Wildman–Crippen MR) is 66.5 cm³/mol. The highest BCUT2D eigenvalue weighted by Crippen LogP contribution is 2.24. The molecule has 1 heterocycles. The van der Waals surface area contributed by atoms with Gasteiger partial charge in [0.1, 0.15) is 6.04 Å². The summed E-state index contributed by atoms with van der Waals surface area (Å²) in [5.41, 5.74) is 6.54. The number of hydrogen-bond acceptors (Lipinski definition) is 4. The second-order valence-corrected chi connectivity index (χ2v) is 4.93. The normalized spacial score (nSPS) is 25.1. The van der Waals surface area contributed by atoms with Crippen LogP contribution in [-0.4, -0.2) is 33.4 Å². The molecule has 1 fully saturated rings. The Morgan fingerprint density at radius 2 is 2.50 bits per heavy atom. The molecule has 1 aromatic rings. The third-order valence-electron chi connectivity index (χ3n) is 3.52. The molecule has 6 heteroatoms. The molecule has 1 aliphatic rings. The maximum absolute atomic E-state index is 11.9. The number of carbonyl (C=O) groups is 1. The van der Waals surface area contributed by atoms with E-state index in [4.69, 9.17) is 5.73 Å². The first-order valence-corrected chi connectivity index (χ1v) is 6.28. The lowest BCUT2D eigenvalue weighted by atomic mass is 10.1. The molecule has 0 bridgehead atoms. The molecule has 0 radical (unpaired) electrons. The molecule has 0 aromatic carbocycles. The van der Waals surface area contributed by atoms with Crippen molar-refractivity contribution < 1.29 is 9.90 Å². The predicted octanol–water partition coefficient (Wildman–Crippen LogP) is -0.303. The van der Waals surface area contributed by atoms with E-state index < -0.39 is 6.04 Å². The molecule has 1 saturated carbocycles. The number of amides is 1. The van der Waals surface area contributed by atoms with Gasteiger partial charge in [0.25, 0.3) is 0 Å². The Morgan fingerprint density at radius 3 is 3.06 bits per heavy atom. The van der Waals surface area contributed by atoms with Gasteiger partial charge in [-0.2, -0.15) is 5.10 Å². The smallest absolute Gasteiger partial charge is 0.241 e. The van der Waals surface area contributed by atoms with Gasteiger partial charge in [0, 0.05) is 31.3 Å². The maximum atomic E-state index is 11.9. The fourth-order valence-corrected chi connectivity index (χ4v) is 2.35. The Balaban J connectivity index is 1.84. The molecule has 1 amide bonds. The maximum Gasteiger partial charge on any atom is 0.241 e. The zero-order valence-electron chi connectivity index (χ0n) is 10.5. The lowest BCUT2D eigenvalue weighted by Gasteiger charge is -2.17. The minimum Gasteiger partial charge on any atom is -0.393 e. The van der Waals surface area contributed by atoms with Crippen LogP contribution in [0.25, 0.3) is 0 Å². The molecule has 0 spiro atoms. The number of aliphatic hydroxyl groups excluding tert-OH is 1. The van der Waals surface area contributed by atoms with Crippen molar-refractivity contribution in [3.8, 4) is 0 Å². The standard InChI is InChI=1S/C12H20N4O2/c1-16-7-9(6-15-16)11(13)12(18)14-5-8-3-2-4-10(8)17/h6-8,10-11,17H,2-5,13H2,1H3,(H,14,18). The minimum absolute atomic E-state index is 0.162. The molecular formula is C12H20N4O2. The topological polar surface area (TPSA) is 93.2 Å². The van der Waals surface area contributed by atoms with Crippen LogP contribution in [0.4, 0.5) is 0 Å². The van der Waals surface area contributed by atoms with Gasteiger partial charge >= 0.3 is 0 Å². The molecule has 100 valence electrons. The number of carbonyl (C=O) groups excluding carboxylic acids is 1. The molecule has 3 unspecified atom stereocenters. The summed E-state index contributed by atoms with van der Waals surface area (Å²) in [5.74, 6) is -0.0582. The van der Waals surface area contributed by atoms with Gasteiger partial charge in [-0.25, -0.2) is 0 Å². The number of nitrogens with two attached hydrogens (primary N) is 1. The van der Waals surface area contributed by atoms with Crippen molar-refractivity contribution in [1.29, 1.82) is 0 Å². The van der Waals surface area contributed by atoms with Gasteiger partial charge in [0.15, 0.2) is 0 Å². The lowest BCUT2D eigenvalue weighted by Crippen LogP contribution is -2.38. The lowest BCUT2D eigenvalue weighted by molar-refractivity contribution is -0.122. The SMILES string of the molecule is Cn1cc(C(N)C(=O)NCC2CCCC2O)cn1. The average molecular weight is 252 g/mol. The average Bonchev–Trinajstić information content (AvgIpc) is 2.94. The number of aryl methyl sites for hydroxylation is 1. The van der Waals surface area contributed by atoms with E-state index in [0.717, 1.165) is 19.3 Å². The van der Waals surface area contributed by atoms with Gasteiger partial charge in [0.2, 0.25) is 5.91 Å². The van der Waals surface area contributed by atoms with Gasteiger partial charge in [-0.3, -0.25) is 9.48 Å². The van der Waals surface area contributed by atoms with Gasteiger partial charge in [-0.05, 0) is 12.8 Å². The van der Waals surface area contributed by atoms with E-state index in [0.29, 0.717) is 12.1 Å². The Bertz CT molecular complexity index is 418. The highest BCUT2D eigenvalue weighted by molar-refractivity contribution is 5.82. The molecule has 0 aliphatic heterocycles. The van der Waals surface area contributed by atoms with Crippen LogP contribution in [0, 0.1) is 5.92 Å². The second-order valence-electron chi connectivity index (χ2n) is 4.93. The summed E-state index contributed by atoms with van der Waals surface area (Å²) in [7, 11) is 1.78. The molecule has 4 N–H and O–H groups in total. The third-order valence-corrected chi connectivity index (χ3v) is 3.52. The Labute approximate surface area is 106 Å². The zero-order valence-corrected chi connectivity index (χ0v) is 10.5. The van der Waals surface area contributed by atoms with Crippen molar-refractivity contribution in [2.45, 2.75) is 31.4 Å². The van der Waals surface area contributed by atoms with Crippen molar-refractivity contribution in [2.75, 3.05) is 6.54 Å². The van der Waals surface area contributed by atoms with E-state index in [1.165, 1.54) is 0 Å². The first kappa shape index (κ1) is 13.0. The quantitative estimate of drug-likeness (QED) is 0.685. The van der Waals surface area contributed by atoms with E-state index in [1.54, 1.807) is 24.1 Å². The van der Waals surface area contributed by atoms with Crippen LogP contribution < -0.4 is 11.1 Å². The summed E-state index contributed by atoms with van der Waals surface area (Å²) in [4.78, 5) is 11.9. The van der Waals surface area contributed by atoms with E-state index in [2.05, 4.69) is 10.4 Å². The molecule has 2 rings (SSSR count). The van der Waals surface area contributed by atoms with E-state index in [9.17, 15) is 9.90 Å². The summed E-state index contributed by atoms with van der Waals surface area (Å²) in [6.45, 7) is 0.494. The Kier molecular flexibility index (Phi) is 3.98. The van der Waals surface area contributed by atoms with Crippen molar-refractivity contribution in [2.24, 2.45) is 18.7 Å². The van der Waals surface area contributed by atoms with Crippen molar-refractivity contribution in [3.05, 3.63) is 18.0 Å². The fourth-order valence-electron chi connectivity index (χ4n) is 2.35. The highest BCUT2D eigenvalue weighted by Gasteiger charge is 2.26. The van der Waals surface area contributed by atoms with Crippen LogP contribution >= 0.6 is 0 Å². The summed E-state index contributed by atoms with van der Waals surface area (Å²) in [6, 6.07) is -0.697. The molecular weight excluding hydrogens is 232 g/mol. The van der Waals surface area contributed by atoms with Gasteiger partial charge in [-0.15, -0.1) is 0 Å².